The highest BCUT2D eigenvalue weighted by molar-refractivity contribution is 5.06. The number of aryl methyl sites for hydroxylation is 2. The van der Waals surface area contributed by atoms with E-state index in [9.17, 15) is 0 Å². The van der Waals surface area contributed by atoms with Crippen LogP contribution in [0.4, 0.5) is 0 Å². The van der Waals surface area contributed by atoms with Crippen molar-refractivity contribution in [2.45, 2.75) is 64.0 Å². The van der Waals surface area contributed by atoms with Gasteiger partial charge in [0.25, 0.3) is 0 Å². The Hall–Kier alpha value is -0.910. The lowest BCUT2D eigenvalue weighted by atomic mass is 9.83. The van der Waals surface area contributed by atoms with E-state index >= 15 is 0 Å². The number of nitrogens with two attached hydrogens (primary N) is 1. The molecule has 2 heterocycles. The molecular weight excluding hydrogens is 262 g/mol. The molecule has 0 amide bonds. The number of nitrogens with one attached hydrogen (secondary N) is 1. The van der Waals surface area contributed by atoms with Crippen LogP contribution in [-0.2, 0) is 13.5 Å². The van der Waals surface area contributed by atoms with Gasteiger partial charge in [-0.3, -0.25) is 20.9 Å². The summed E-state index contributed by atoms with van der Waals surface area (Å²) >= 11 is 0. The number of hydrazine groups is 1. The number of nitrogens with zero attached hydrogens (tertiary/aromatic N) is 3. The maximum atomic E-state index is 5.91. The van der Waals surface area contributed by atoms with Crippen molar-refractivity contribution in [3.8, 4) is 0 Å². The highest BCUT2D eigenvalue weighted by atomic mass is 15.3. The lowest BCUT2D eigenvalue weighted by Gasteiger charge is -2.48. The van der Waals surface area contributed by atoms with Gasteiger partial charge in [0.05, 0.1) is 6.20 Å². The molecule has 5 nitrogen and oxygen atoms in total. The summed E-state index contributed by atoms with van der Waals surface area (Å²) in [4.78, 5) is 2.64. The maximum absolute atomic E-state index is 5.91. The Kier molecular flexibility index (Phi) is 5.79. The van der Waals surface area contributed by atoms with Gasteiger partial charge < -0.3 is 0 Å². The molecule has 1 aliphatic rings. The Morgan fingerprint density at radius 3 is 2.62 bits per heavy atom. The molecule has 1 aromatic rings. The zero-order valence-electron chi connectivity index (χ0n) is 13.8. The summed E-state index contributed by atoms with van der Waals surface area (Å²) in [5, 5.41) is 4.25. The molecule has 1 aromatic heterocycles. The monoisotopic (exact) mass is 293 g/mol. The normalized spacial score (nSPS) is 21.1. The van der Waals surface area contributed by atoms with Crippen molar-refractivity contribution in [2.75, 3.05) is 13.1 Å². The number of hydrogen-bond acceptors (Lipinski definition) is 4. The van der Waals surface area contributed by atoms with Gasteiger partial charge in [0.2, 0.25) is 0 Å². The maximum Gasteiger partial charge on any atom is 0.0521 e. The SMILES string of the molecule is CCC(C)(C(CCc1cnn(C)c1)NN)N1CCCCC1. The first-order valence-corrected chi connectivity index (χ1v) is 8.29. The predicted molar refractivity (Wildman–Crippen MR) is 86.8 cm³/mol. The van der Waals surface area contributed by atoms with Crippen molar-refractivity contribution in [1.29, 1.82) is 0 Å². The molecule has 0 radical (unpaired) electrons. The average molecular weight is 293 g/mol. The van der Waals surface area contributed by atoms with Gasteiger partial charge in [-0.2, -0.15) is 5.10 Å². The fourth-order valence-electron chi connectivity index (χ4n) is 3.58. The zero-order chi connectivity index (χ0) is 15.3. The van der Waals surface area contributed by atoms with Gasteiger partial charge in [-0.1, -0.05) is 13.3 Å². The van der Waals surface area contributed by atoms with Crippen molar-refractivity contribution in [2.24, 2.45) is 12.9 Å². The summed E-state index contributed by atoms with van der Waals surface area (Å²) < 4.78 is 1.86. The van der Waals surface area contributed by atoms with E-state index in [0.29, 0.717) is 6.04 Å². The van der Waals surface area contributed by atoms with Crippen LogP contribution in [0, 0.1) is 0 Å². The fraction of sp³-hybridized carbons (Fsp3) is 0.812. The largest absolute Gasteiger partial charge is 0.296 e. The molecule has 21 heavy (non-hydrogen) atoms. The van der Waals surface area contributed by atoms with Crippen LogP contribution in [0.25, 0.3) is 0 Å². The third-order valence-electron chi connectivity index (χ3n) is 5.23. The van der Waals surface area contributed by atoms with Crippen LogP contribution in [0.15, 0.2) is 12.4 Å². The molecule has 3 N–H and O–H groups in total. The van der Waals surface area contributed by atoms with Crippen LogP contribution in [-0.4, -0.2) is 39.4 Å². The van der Waals surface area contributed by atoms with E-state index in [0.717, 1.165) is 19.3 Å². The molecule has 0 saturated carbocycles. The quantitative estimate of drug-likeness (QED) is 0.595. The third-order valence-corrected chi connectivity index (χ3v) is 5.23. The molecule has 1 saturated heterocycles. The smallest absolute Gasteiger partial charge is 0.0521 e. The highest BCUT2D eigenvalue weighted by Gasteiger charge is 2.37. The van der Waals surface area contributed by atoms with E-state index in [-0.39, 0.29) is 5.54 Å². The van der Waals surface area contributed by atoms with Gasteiger partial charge in [-0.05, 0) is 57.7 Å². The minimum atomic E-state index is 0.136. The molecule has 2 rings (SSSR count). The lowest BCUT2D eigenvalue weighted by molar-refractivity contribution is 0.0403. The first kappa shape index (κ1) is 16.5. The first-order chi connectivity index (χ1) is 10.1. The van der Waals surface area contributed by atoms with Crippen molar-refractivity contribution < 1.29 is 0 Å². The molecule has 0 spiro atoms. The summed E-state index contributed by atoms with van der Waals surface area (Å²) in [6.45, 7) is 7.06. The van der Waals surface area contributed by atoms with Gasteiger partial charge in [-0.15, -0.1) is 0 Å². The molecule has 0 bridgehead atoms. The fourth-order valence-corrected chi connectivity index (χ4v) is 3.58. The minimum absolute atomic E-state index is 0.136. The lowest BCUT2D eigenvalue weighted by Crippen LogP contribution is -2.62. The Bertz CT molecular complexity index is 424. The van der Waals surface area contributed by atoms with Crippen molar-refractivity contribution >= 4 is 0 Å². The van der Waals surface area contributed by atoms with Crippen LogP contribution >= 0.6 is 0 Å². The van der Waals surface area contributed by atoms with Crippen molar-refractivity contribution in [3.05, 3.63) is 18.0 Å². The molecule has 0 aromatic carbocycles. The molecular formula is C16H31N5. The second kappa shape index (κ2) is 7.38. The number of aromatic nitrogens is 2. The van der Waals surface area contributed by atoms with Crippen LogP contribution in [0.2, 0.25) is 0 Å². The van der Waals surface area contributed by atoms with E-state index in [2.05, 4.69) is 35.5 Å². The highest BCUT2D eigenvalue weighted by Crippen LogP contribution is 2.29. The first-order valence-electron chi connectivity index (χ1n) is 8.29. The summed E-state index contributed by atoms with van der Waals surface area (Å²) in [5.74, 6) is 5.91. The number of rotatable bonds is 7. The molecule has 1 fully saturated rings. The van der Waals surface area contributed by atoms with Gasteiger partial charge in [0.15, 0.2) is 0 Å². The number of hydrogen-bond donors (Lipinski definition) is 2. The minimum Gasteiger partial charge on any atom is -0.296 e. The number of likely N-dealkylation sites (tertiary alicyclic amines) is 1. The van der Waals surface area contributed by atoms with Crippen LogP contribution in [0.1, 0.15) is 51.5 Å². The molecule has 5 heteroatoms. The van der Waals surface area contributed by atoms with Crippen LogP contribution < -0.4 is 11.3 Å². The topological polar surface area (TPSA) is 59.1 Å². The average Bonchev–Trinajstić information content (AvgIpc) is 2.94. The van der Waals surface area contributed by atoms with E-state index in [1.807, 2.05) is 17.9 Å². The second-order valence-corrected chi connectivity index (χ2v) is 6.54. The molecule has 0 aliphatic carbocycles. The number of piperidine rings is 1. The summed E-state index contributed by atoms with van der Waals surface area (Å²) in [6, 6.07) is 0.306. The van der Waals surface area contributed by atoms with E-state index in [1.165, 1.54) is 37.9 Å². The Morgan fingerprint density at radius 1 is 1.38 bits per heavy atom. The summed E-state index contributed by atoms with van der Waals surface area (Å²) in [5.41, 5.74) is 4.52. The van der Waals surface area contributed by atoms with Gasteiger partial charge in [0.1, 0.15) is 0 Å². The summed E-state index contributed by atoms with van der Waals surface area (Å²) in [6.07, 6.45) is 11.2. The van der Waals surface area contributed by atoms with Crippen molar-refractivity contribution in [3.63, 3.8) is 0 Å². The van der Waals surface area contributed by atoms with E-state index in [1.54, 1.807) is 0 Å². The molecule has 2 unspecified atom stereocenters. The van der Waals surface area contributed by atoms with Crippen molar-refractivity contribution in [1.82, 2.24) is 20.1 Å². The third kappa shape index (κ3) is 3.84. The Morgan fingerprint density at radius 2 is 2.10 bits per heavy atom. The van der Waals surface area contributed by atoms with E-state index < -0.39 is 0 Å². The standard InChI is InChI=1S/C16H31N5/c1-4-16(2,21-10-6-5-7-11-21)15(19-17)9-8-14-12-18-20(3)13-14/h12-13,15,19H,4-11,17H2,1-3H3. The van der Waals surface area contributed by atoms with Gasteiger partial charge in [-0.25, -0.2) is 0 Å². The molecule has 2 atom stereocenters. The Balaban J connectivity index is 2.01. The molecule has 1 aliphatic heterocycles. The predicted octanol–water partition coefficient (Wildman–Crippen LogP) is 1.84. The van der Waals surface area contributed by atoms with Gasteiger partial charge >= 0.3 is 0 Å². The summed E-state index contributed by atoms with van der Waals surface area (Å²) in [7, 11) is 1.96. The second-order valence-electron chi connectivity index (χ2n) is 6.54. The Labute approximate surface area is 128 Å². The van der Waals surface area contributed by atoms with Crippen LogP contribution in [0.5, 0.6) is 0 Å². The van der Waals surface area contributed by atoms with Gasteiger partial charge in [0, 0.05) is 24.8 Å². The molecule has 120 valence electrons. The van der Waals surface area contributed by atoms with E-state index in [4.69, 9.17) is 5.84 Å². The van der Waals surface area contributed by atoms with Crippen LogP contribution in [0.3, 0.4) is 0 Å². The zero-order valence-corrected chi connectivity index (χ0v) is 13.8.